The van der Waals surface area contributed by atoms with Gasteiger partial charge in [0.05, 0.1) is 5.75 Å². The minimum absolute atomic E-state index is 0.0715. The van der Waals surface area contributed by atoms with Gasteiger partial charge in [-0.05, 0) is 43.7 Å². The van der Waals surface area contributed by atoms with Crippen molar-refractivity contribution in [1.82, 2.24) is 10.1 Å². The van der Waals surface area contributed by atoms with Gasteiger partial charge in [-0.2, -0.15) is 4.98 Å². The number of rotatable bonds is 5. The lowest BCUT2D eigenvalue weighted by molar-refractivity contribution is 0.425. The third-order valence-corrected chi connectivity index (χ3v) is 4.67. The van der Waals surface area contributed by atoms with E-state index in [9.17, 15) is 8.42 Å². The molecule has 0 amide bonds. The van der Waals surface area contributed by atoms with Gasteiger partial charge in [0.25, 0.3) is 5.89 Å². The highest BCUT2D eigenvalue weighted by Gasteiger charge is 2.12. The second kappa shape index (κ2) is 6.45. The first-order valence-corrected chi connectivity index (χ1v) is 9.03. The molecule has 0 aliphatic rings. The van der Waals surface area contributed by atoms with Gasteiger partial charge in [0.2, 0.25) is 10.0 Å². The second-order valence-corrected chi connectivity index (χ2v) is 7.29. The fraction of sp³-hybridized carbons (Fsp3) is 0.176. The molecule has 1 heterocycles. The normalized spacial score (nSPS) is 11.4. The van der Waals surface area contributed by atoms with Crippen LogP contribution in [0.2, 0.25) is 0 Å². The van der Waals surface area contributed by atoms with Gasteiger partial charge in [0, 0.05) is 11.3 Å². The van der Waals surface area contributed by atoms with Crippen LogP contribution in [0.3, 0.4) is 0 Å². The largest absolute Gasteiger partial charge is 0.334 e. The van der Waals surface area contributed by atoms with Crippen molar-refractivity contribution in [3.05, 3.63) is 65.5 Å². The number of aryl methyl sites for hydroxylation is 2. The predicted octanol–water partition coefficient (Wildman–Crippen LogP) is 3.30. The van der Waals surface area contributed by atoms with Crippen molar-refractivity contribution >= 4 is 15.7 Å². The SMILES string of the molecule is Cc1ccc(CS(=O)(=O)Nc2ccc(-c3nc(C)no3)cc2)cc1. The summed E-state index contributed by atoms with van der Waals surface area (Å²) in [7, 11) is -3.48. The average molecular weight is 343 g/mol. The summed E-state index contributed by atoms with van der Waals surface area (Å²) in [5, 5.41) is 3.73. The third-order valence-electron chi connectivity index (χ3n) is 3.41. The van der Waals surface area contributed by atoms with E-state index >= 15 is 0 Å². The molecule has 0 radical (unpaired) electrons. The van der Waals surface area contributed by atoms with Crippen molar-refractivity contribution in [3.63, 3.8) is 0 Å². The molecule has 0 atom stereocenters. The summed E-state index contributed by atoms with van der Waals surface area (Å²) in [6, 6.07) is 14.2. The standard InChI is InChI=1S/C17H17N3O3S/c1-12-3-5-14(6-4-12)11-24(21,22)20-16-9-7-15(8-10-16)17-18-13(2)19-23-17/h3-10,20H,11H2,1-2H3. The molecular formula is C17H17N3O3S. The first-order chi connectivity index (χ1) is 11.4. The summed E-state index contributed by atoms with van der Waals surface area (Å²) in [5.74, 6) is 0.882. The predicted molar refractivity (Wildman–Crippen MR) is 91.9 cm³/mol. The van der Waals surface area contributed by atoms with E-state index in [1.165, 1.54) is 0 Å². The summed E-state index contributed by atoms with van der Waals surface area (Å²) in [4.78, 5) is 4.13. The molecule has 24 heavy (non-hydrogen) atoms. The van der Waals surface area contributed by atoms with Crippen LogP contribution in [-0.4, -0.2) is 18.6 Å². The smallest absolute Gasteiger partial charge is 0.257 e. The van der Waals surface area contributed by atoms with Crippen LogP contribution in [0.4, 0.5) is 5.69 Å². The first kappa shape index (κ1) is 16.2. The van der Waals surface area contributed by atoms with Crippen molar-refractivity contribution in [2.24, 2.45) is 0 Å². The molecule has 0 fully saturated rings. The maximum atomic E-state index is 12.3. The van der Waals surface area contributed by atoms with Crippen molar-refractivity contribution in [2.45, 2.75) is 19.6 Å². The van der Waals surface area contributed by atoms with Crippen molar-refractivity contribution in [3.8, 4) is 11.5 Å². The zero-order valence-corrected chi connectivity index (χ0v) is 14.2. The van der Waals surface area contributed by atoms with Gasteiger partial charge in [-0.15, -0.1) is 0 Å². The number of aromatic nitrogens is 2. The Kier molecular flexibility index (Phi) is 4.35. The number of nitrogens with one attached hydrogen (secondary N) is 1. The van der Waals surface area contributed by atoms with Crippen molar-refractivity contribution < 1.29 is 12.9 Å². The molecule has 0 bridgehead atoms. The Hall–Kier alpha value is -2.67. The summed E-state index contributed by atoms with van der Waals surface area (Å²) in [6.45, 7) is 3.70. The summed E-state index contributed by atoms with van der Waals surface area (Å²) in [6.07, 6.45) is 0. The van der Waals surface area contributed by atoms with Crippen molar-refractivity contribution in [2.75, 3.05) is 4.72 Å². The van der Waals surface area contributed by atoms with Crippen LogP contribution < -0.4 is 4.72 Å². The van der Waals surface area contributed by atoms with Gasteiger partial charge < -0.3 is 4.52 Å². The molecule has 7 heteroatoms. The molecule has 1 aromatic heterocycles. The van der Waals surface area contributed by atoms with Crippen LogP contribution in [0.25, 0.3) is 11.5 Å². The minimum Gasteiger partial charge on any atom is -0.334 e. The van der Waals surface area contributed by atoms with Gasteiger partial charge in [0.1, 0.15) is 0 Å². The van der Waals surface area contributed by atoms with E-state index in [0.717, 1.165) is 16.7 Å². The molecule has 0 saturated heterocycles. The molecule has 124 valence electrons. The van der Waals surface area contributed by atoms with E-state index < -0.39 is 10.0 Å². The van der Waals surface area contributed by atoms with Crippen LogP contribution >= 0.6 is 0 Å². The lowest BCUT2D eigenvalue weighted by Gasteiger charge is -2.08. The highest BCUT2D eigenvalue weighted by molar-refractivity contribution is 7.91. The van der Waals surface area contributed by atoms with Crippen LogP contribution in [0.1, 0.15) is 17.0 Å². The summed E-state index contributed by atoms with van der Waals surface area (Å²) >= 11 is 0. The number of hydrogen-bond donors (Lipinski definition) is 1. The number of benzene rings is 2. The van der Waals surface area contributed by atoms with Crippen LogP contribution in [0.5, 0.6) is 0 Å². The van der Waals surface area contributed by atoms with Crippen LogP contribution in [0.15, 0.2) is 53.1 Å². The van der Waals surface area contributed by atoms with E-state index in [1.807, 2.05) is 31.2 Å². The minimum atomic E-state index is -3.48. The Bertz CT molecular complexity index is 930. The molecule has 0 saturated carbocycles. The fourth-order valence-corrected chi connectivity index (χ4v) is 3.41. The lowest BCUT2D eigenvalue weighted by Crippen LogP contribution is -2.15. The summed E-state index contributed by atoms with van der Waals surface area (Å²) in [5.41, 5.74) is 3.06. The Balaban J connectivity index is 1.71. The van der Waals surface area contributed by atoms with E-state index in [4.69, 9.17) is 4.52 Å². The maximum absolute atomic E-state index is 12.3. The zero-order valence-electron chi connectivity index (χ0n) is 13.4. The quantitative estimate of drug-likeness (QED) is 0.768. The topological polar surface area (TPSA) is 85.1 Å². The molecule has 1 N–H and O–H groups in total. The number of nitrogens with zero attached hydrogens (tertiary/aromatic N) is 2. The van der Waals surface area contributed by atoms with Crippen molar-refractivity contribution in [1.29, 1.82) is 0 Å². The summed E-state index contributed by atoms with van der Waals surface area (Å²) < 4.78 is 32.2. The number of anilines is 1. The van der Waals surface area contributed by atoms with E-state index in [2.05, 4.69) is 14.9 Å². The Labute approximate surface area is 140 Å². The molecule has 0 aliphatic heterocycles. The Morgan fingerprint density at radius 2 is 1.67 bits per heavy atom. The van der Waals surface area contributed by atoms with E-state index in [0.29, 0.717) is 17.4 Å². The van der Waals surface area contributed by atoms with Gasteiger partial charge >= 0.3 is 0 Å². The van der Waals surface area contributed by atoms with Crippen LogP contribution in [0, 0.1) is 13.8 Å². The Morgan fingerprint density at radius 1 is 1.00 bits per heavy atom. The van der Waals surface area contributed by atoms with E-state index in [1.54, 1.807) is 31.2 Å². The van der Waals surface area contributed by atoms with Gasteiger partial charge in [0.15, 0.2) is 5.82 Å². The zero-order chi connectivity index (χ0) is 17.2. The number of sulfonamides is 1. The molecule has 0 spiro atoms. The third kappa shape index (κ3) is 3.99. The first-order valence-electron chi connectivity index (χ1n) is 7.38. The van der Waals surface area contributed by atoms with Gasteiger partial charge in [-0.1, -0.05) is 35.0 Å². The molecule has 3 aromatic rings. The molecule has 0 unspecified atom stereocenters. The highest BCUT2D eigenvalue weighted by atomic mass is 32.2. The molecule has 0 aliphatic carbocycles. The average Bonchev–Trinajstić information content (AvgIpc) is 2.96. The molecular weight excluding hydrogens is 326 g/mol. The second-order valence-electron chi connectivity index (χ2n) is 5.57. The fourth-order valence-electron chi connectivity index (χ4n) is 2.21. The van der Waals surface area contributed by atoms with E-state index in [-0.39, 0.29) is 5.75 Å². The lowest BCUT2D eigenvalue weighted by atomic mass is 10.2. The molecule has 6 nitrogen and oxygen atoms in total. The molecule has 3 rings (SSSR count). The van der Waals surface area contributed by atoms with Gasteiger partial charge in [-0.25, -0.2) is 8.42 Å². The monoisotopic (exact) mass is 343 g/mol. The number of hydrogen-bond acceptors (Lipinski definition) is 5. The molecule has 2 aromatic carbocycles. The maximum Gasteiger partial charge on any atom is 0.257 e. The van der Waals surface area contributed by atoms with Gasteiger partial charge in [-0.3, -0.25) is 4.72 Å². The van der Waals surface area contributed by atoms with Crippen LogP contribution in [-0.2, 0) is 15.8 Å². The Morgan fingerprint density at radius 3 is 2.25 bits per heavy atom. The highest BCUT2D eigenvalue weighted by Crippen LogP contribution is 2.21.